The van der Waals surface area contributed by atoms with Crippen molar-refractivity contribution in [1.82, 2.24) is 9.78 Å². The summed E-state index contributed by atoms with van der Waals surface area (Å²) in [5.41, 5.74) is 7.32. The van der Waals surface area contributed by atoms with Gasteiger partial charge in [-0.2, -0.15) is 5.10 Å². The summed E-state index contributed by atoms with van der Waals surface area (Å²) in [4.78, 5) is 13.0. The van der Waals surface area contributed by atoms with Crippen molar-refractivity contribution in [3.05, 3.63) is 51.2 Å². The number of aryl methyl sites for hydroxylation is 2. The molecule has 0 aliphatic rings. The number of hydrogen-bond acceptors (Lipinski definition) is 5. The molecule has 0 unspecified atom stereocenters. The molecule has 0 saturated carbocycles. The summed E-state index contributed by atoms with van der Waals surface area (Å²) in [6.07, 6.45) is 1.07. The fraction of sp³-hybridized carbons (Fsp3) is 0.176. The summed E-state index contributed by atoms with van der Waals surface area (Å²) in [6.45, 7) is 1.69. The van der Waals surface area contributed by atoms with Crippen LogP contribution in [0.15, 0.2) is 33.8 Å². The summed E-state index contributed by atoms with van der Waals surface area (Å²) in [5.74, 6) is -1.01. The number of rotatable bonds is 3. The van der Waals surface area contributed by atoms with Gasteiger partial charge < -0.3 is 5.73 Å². The van der Waals surface area contributed by atoms with E-state index in [1.165, 1.54) is 29.9 Å². The lowest BCUT2D eigenvalue weighted by molar-refractivity contribution is 0.103. The minimum atomic E-state index is -3.56. The first kappa shape index (κ1) is 18.5. The Balaban J connectivity index is 2.32. The van der Waals surface area contributed by atoms with Gasteiger partial charge in [0.25, 0.3) is 0 Å². The van der Waals surface area contributed by atoms with Gasteiger partial charge in [0.05, 0.1) is 10.0 Å². The van der Waals surface area contributed by atoms with Gasteiger partial charge >= 0.3 is 0 Å². The zero-order chi connectivity index (χ0) is 19.4. The maximum absolute atomic E-state index is 13.6. The fourth-order valence-corrected chi connectivity index (χ4v) is 4.71. The molecular weight excluding hydrogens is 425 g/mol. The van der Waals surface area contributed by atoms with E-state index in [9.17, 15) is 17.6 Å². The second kappa shape index (κ2) is 6.17. The normalized spacial score (nSPS) is 11.9. The van der Waals surface area contributed by atoms with E-state index in [1.807, 2.05) is 0 Å². The van der Waals surface area contributed by atoms with E-state index < -0.39 is 21.4 Å². The molecule has 0 fully saturated rings. The Bertz CT molecular complexity index is 1190. The van der Waals surface area contributed by atoms with Crippen LogP contribution >= 0.6 is 15.9 Å². The number of hydrogen-bond donors (Lipinski definition) is 1. The molecule has 0 aliphatic carbocycles. The molecule has 0 saturated heterocycles. The molecule has 0 bridgehead atoms. The van der Waals surface area contributed by atoms with Crippen LogP contribution in [0.4, 0.5) is 10.1 Å². The quantitative estimate of drug-likeness (QED) is 0.499. The molecule has 26 heavy (non-hydrogen) atoms. The molecule has 0 aliphatic heterocycles. The second-order valence-electron chi connectivity index (χ2n) is 6.04. The van der Waals surface area contributed by atoms with Gasteiger partial charge in [0, 0.05) is 29.9 Å². The zero-order valence-corrected chi connectivity index (χ0v) is 16.6. The smallest absolute Gasteiger partial charge is 0.196 e. The highest BCUT2D eigenvalue weighted by atomic mass is 79.9. The van der Waals surface area contributed by atoms with Crippen LogP contribution < -0.4 is 5.73 Å². The van der Waals surface area contributed by atoms with E-state index >= 15 is 0 Å². The third-order valence-electron chi connectivity index (χ3n) is 4.07. The Hall–Kier alpha value is -2.26. The van der Waals surface area contributed by atoms with Crippen LogP contribution in [0.3, 0.4) is 0 Å². The van der Waals surface area contributed by atoms with Crippen molar-refractivity contribution in [2.45, 2.75) is 11.9 Å². The minimum Gasteiger partial charge on any atom is -0.398 e. The minimum absolute atomic E-state index is 0.000773. The first-order valence-electron chi connectivity index (χ1n) is 7.48. The number of aromatic nitrogens is 2. The van der Waals surface area contributed by atoms with E-state index in [0.717, 1.165) is 12.3 Å². The molecule has 6 nitrogen and oxygen atoms in total. The number of benzene rings is 2. The Kier molecular flexibility index (Phi) is 4.40. The number of ketones is 1. The second-order valence-corrected chi connectivity index (χ2v) is 8.76. The number of carbonyl (C=O) groups excluding carboxylic acids is 1. The summed E-state index contributed by atoms with van der Waals surface area (Å²) in [7, 11) is -2.06. The molecule has 1 heterocycles. The molecule has 9 heteroatoms. The van der Waals surface area contributed by atoms with Gasteiger partial charge in [-0.05, 0) is 46.6 Å². The van der Waals surface area contributed by atoms with Crippen molar-refractivity contribution < 1.29 is 17.6 Å². The van der Waals surface area contributed by atoms with Gasteiger partial charge in [-0.1, -0.05) is 6.07 Å². The van der Waals surface area contributed by atoms with Gasteiger partial charge in [-0.25, -0.2) is 12.8 Å². The van der Waals surface area contributed by atoms with Gasteiger partial charge in [0.1, 0.15) is 11.3 Å². The van der Waals surface area contributed by atoms with Crippen LogP contribution in [0.25, 0.3) is 10.9 Å². The fourth-order valence-electron chi connectivity index (χ4n) is 2.93. The molecule has 3 rings (SSSR count). The number of nitrogens with two attached hydrogens (primary N) is 1. The highest BCUT2D eigenvalue weighted by molar-refractivity contribution is 9.10. The number of halogens is 2. The lowest BCUT2D eigenvalue weighted by Gasteiger charge is -2.10. The van der Waals surface area contributed by atoms with Crippen LogP contribution in [0, 0.1) is 12.7 Å². The van der Waals surface area contributed by atoms with Crippen LogP contribution in [-0.4, -0.2) is 30.2 Å². The van der Waals surface area contributed by atoms with Crippen LogP contribution in [0.5, 0.6) is 0 Å². The standard InChI is InChI=1S/C17H15BrFN3O3S/c1-8-4-5-9(19)6-10(8)16(23)13-12(20)7-11-15(14(13)18)21-22(2)17(11)26(3,24)25/h4-7H,20H2,1-3H3. The first-order valence-corrected chi connectivity index (χ1v) is 10.2. The first-order chi connectivity index (χ1) is 12.0. The predicted octanol–water partition coefficient (Wildman–Crippen LogP) is 3.00. The topological polar surface area (TPSA) is 95.0 Å². The number of nitrogen functional groups attached to an aromatic ring is 1. The average Bonchev–Trinajstić information content (AvgIpc) is 2.85. The lowest BCUT2D eigenvalue weighted by atomic mass is 9.97. The number of anilines is 1. The Morgan fingerprint density at radius 1 is 1.31 bits per heavy atom. The summed E-state index contributed by atoms with van der Waals surface area (Å²) in [6, 6.07) is 5.33. The van der Waals surface area contributed by atoms with Crippen LogP contribution in [-0.2, 0) is 16.9 Å². The van der Waals surface area contributed by atoms with Gasteiger partial charge in [0.2, 0.25) is 0 Å². The highest BCUT2D eigenvalue weighted by Gasteiger charge is 2.26. The summed E-state index contributed by atoms with van der Waals surface area (Å²) in [5, 5.41) is 4.52. The van der Waals surface area contributed by atoms with E-state index in [4.69, 9.17) is 5.73 Å². The zero-order valence-electron chi connectivity index (χ0n) is 14.2. The van der Waals surface area contributed by atoms with E-state index in [2.05, 4.69) is 21.0 Å². The largest absolute Gasteiger partial charge is 0.398 e. The van der Waals surface area contributed by atoms with Crippen molar-refractivity contribution in [1.29, 1.82) is 0 Å². The molecule has 0 spiro atoms. The molecule has 0 radical (unpaired) electrons. The van der Waals surface area contributed by atoms with Gasteiger partial charge in [0.15, 0.2) is 20.6 Å². The molecule has 2 N–H and O–H groups in total. The van der Waals surface area contributed by atoms with Crippen molar-refractivity contribution in [2.24, 2.45) is 7.05 Å². The average molecular weight is 440 g/mol. The lowest BCUT2D eigenvalue weighted by Crippen LogP contribution is -2.09. The van der Waals surface area contributed by atoms with Crippen molar-refractivity contribution in [3.8, 4) is 0 Å². The van der Waals surface area contributed by atoms with E-state index in [-0.39, 0.29) is 26.3 Å². The summed E-state index contributed by atoms with van der Waals surface area (Å²) >= 11 is 3.32. The SMILES string of the molecule is Cc1ccc(F)cc1C(=O)c1c(N)cc2c(S(C)(=O)=O)n(C)nc2c1Br. The maximum atomic E-state index is 13.6. The third-order valence-corrected chi connectivity index (χ3v) is 6.03. The highest BCUT2D eigenvalue weighted by Crippen LogP contribution is 2.36. The number of fused-ring (bicyclic) bond motifs is 1. The van der Waals surface area contributed by atoms with Crippen molar-refractivity contribution >= 4 is 48.1 Å². The molecular formula is C17H15BrFN3O3S. The van der Waals surface area contributed by atoms with Crippen LogP contribution in [0.1, 0.15) is 21.5 Å². The van der Waals surface area contributed by atoms with Crippen LogP contribution in [0.2, 0.25) is 0 Å². The number of nitrogens with zero attached hydrogens (tertiary/aromatic N) is 2. The van der Waals surface area contributed by atoms with Gasteiger partial charge in [-0.15, -0.1) is 0 Å². The molecule has 3 aromatic rings. The molecule has 1 aromatic heterocycles. The monoisotopic (exact) mass is 439 g/mol. The maximum Gasteiger partial charge on any atom is 0.196 e. The van der Waals surface area contributed by atoms with E-state index in [1.54, 1.807) is 6.92 Å². The molecule has 2 aromatic carbocycles. The van der Waals surface area contributed by atoms with E-state index in [0.29, 0.717) is 16.5 Å². The van der Waals surface area contributed by atoms with Gasteiger partial charge in [-0.3, -0.25) is 9.48 Å². The number of carbonyl (C=O) groups is 1. The third kappa shape index (κ3) is 2.90. The Morgan fingerprint density at radius 2 is 1.96 bits per heavy atom. The predicted molar refractivity (Wildman–Crippen MR) is 101 cm³/mol. The van der Waals surface area contributed by atoms with Crippen molar-refractivity contribution in [2.75, 3.05) is 12.0 Å². The molecule has 0 atom stereocenters. The summed E-state index contributed by atoms with van der Waals surface area (Å²) < 4.78 is 39.2. The Labute approximate surface area is 157 Å². The number of sulfone groups is 1. The molecule has 136 valence electrons. The van der Waals surface area contributed by atoms with Crippen molar-refractivity contribution in [3.63, 3.8) is 0 Å². The molecule has 0 amide bonds. The Morgan fingerprint density at radius 3 is 2.58 bits per heavy atom.